The van der Waals surface area contributed by atoms with E-state index in [4.69, 9.17) is 37.7 Å². The van der Waals surface area contributed by atoms with Crippen LogP contribution < -0.4 is 19.6 Å². The molecule has 0 unspecified atom stereocenters. The lowest BCUT2D eigenvalue weighted by Gasteiger charge is -2.27. The zero-order valence-electron chi connectivity index (χ0n) is 19.8. The van der Waals surface area contributed by atoms with Gasteiger partial charge in [0.15, 0.2) is 4.80 Å². The molecule has 0 bridgehead atoms. The summed E-state index contributed by atoms with van der Waals surface area (Å²) in [4.78, 5) is 32.4. The van der Waals surface area contributed by atoms with Gasteiger partial charge in [0.1, 0.15) is 11.8 Å². The molecule has 1 aliphatic heterocycles. The van der Waals surface area contributed by atoms with Crippen molar-refractivity contribution in [2.75, 3.05) is 13.7 Å². The zero-order chi connectivity index (χ0) is 26.0. The predicted octanol–water partition coefficient (Wildman–Crippen LogP) is 5.66. The summed E-state index contributed by atoms with van der Waals surface area (Å²) >= 11 is 17.2. The van der Waals surface area contributed by atoms with Gasteiger partial charge >= 0.3 is 5.97 Å². The number of ether oxygens (including phenoxy) is 2. The fourth-order valence-electron chi connectivity index (χ4n) is 4.09. The second-order valence-corrected chi connectivity index (χ2v) is 10.7. The number of methoxy groups -OCH3 is 1. The smallest absolute Gasteiger partial charge is 0.338 e. The number of carbonyl (C=O) groups excluding carboxylic acids is 1. The van der Waals surface area contributed by atoms with Gasteiger partial charge in [-0.1, -0.05) is 69.9 Å². The van der Waals surface area contributed by atoms with E-state index in [1.165, 1.54) is 15.9 Å². The van der Waals surface area contributed by atoms with Gasteiger partial charge in [-0.05, 0) is 55.3 Å². The summed E-state index contributed by atoms with van der Waals surface area (Å²) in [5, 5.41) is 0.932. The number of fused-ring (bicyclic) bond motifs is 1. The normalized spacial score (nSPS) is 15.5. The Bertz CT molecular complexity index is 1540. The monoisotopic (exact) mass is 608 g/mol. The number of allylic oxidation sites excluding steroid dienone is 1. The molecule has 0 aliphatic carbocycles. The molecule has 10 heteroatoms. The summed E-state index contributed by atoms with van der Waals surface area (Å²) < 4.78 is 13.8. The molecule has 2 heterocycles. The molecule has 0 spiro atoms. The van der Waals surface area contributed by atoms with Crippen molar-refractivity contribution in [1.82, 2.24) is 4.57 Å². The van der Waals surface area contributed by atoms with E-state index in [0.29, 0.717) is 53.9 Å². The Hall–Kier alpha value is -2.39. The van der Waals surface area contributed by atoms with Crippen molar-refractivity contribution < 1.29 is 14.3 Å². The first-order chi connectivity index (χ1) is 17.3. The molecule has 0 N–H and O–H groups in total. The third-order valence-corrected chi connectivity index (χ3v) is 7.67. The summed E-state index contributed by atoms with van der Waals surface area (Å²) in [6.07, 6.45) is 3.03. The second-order valence-electron chi connectivity index (χ2n) is 7.97. The van der Waals surface area contributed by atoms with E-state index in [1.54, 1.807) is 44.4 Å². The average Bonchev–Trinajstić information content (AvgIpc) is 3.15. The number of thiazole rings is 1. The molecule has 4 rings (SSSR count). The van der Waals surface area contributed by atoms with E-state index >= 15 is 0 Å². The number of rotatable bonds is 7. The Morgan fingerprint density at radius 3 is 2.67 bits per heavy atom. The lowest BCUT2D eigenvalue weighted by molar-refractivity contribution is -0.139. The van der Waals surface area contributed by atoms with Gasteiger partial charge in [0.2, 0.25) is 0 Å². The van der Waals surface area contributed by atoms with Gasteiger partial charge in [-0.15, -0.1) is 0 Å². The Labute approximate surface area is 230 Å². The van der Waals surface area contributed by atoms with Crippen LogP contribution in [0.25, 0.3) is 6.08 Å². The first-order valence-corrected chi connectivity index (χ1v) is 13.7. The maximum Gasteiger partial charge on any atom is 0.338 e. The number of halogens is 3. The van der Waals surface area contributed by atoms with E-state index in [2.05, 4.69) is 15.9 Å². The maximum atomic E-state index is 13.8. The number of carbonyl (C=O) groups is 1. The quantitative estimate of drug-likeness (QED) is 0.324. The Kier molecular flexibility index (Phi) is 8.40. The lowest BCUT2D eigenvalue weighted by Crippen LogP contribution is -2.40. The maximum absolute atomic E-state index is 13.8. The molecular weight excluding hydrogens is 587 g/mol. The van der Waals surface area contributed by atoms with Crippen LogP contribution in [0.15, 0.2) is 61.9 Å². The highest BCUT2D eigenvalue weighted by atomic mass is 79.9. The van der Waals surface area contributed by atoms with Crippen molar-refractivity contribution in [3.8, 4) is 5.75 Å². The van der Waals surface area contributed by atoms with E-state index in [1.807, 2.05) is 19.1 Å². The van der Waals surface area contributed by atoms with Crippen LogP contribution in [-0.2, 0) is 9.53 Å². The van der Waals surface area contributed by atoms with Crippen LogP contribution >= 0.6 is 50.5 Å². The minimum atomic E-state index is -0.780. The third kappa shape index (κ3) is 5.18. The Balaban J connectivity index is 2.06. The van der Waals surface area contributed by atoms with Crippen molar-refractivity contribution in [2.45, 2.75) is 32.7 Å². The van der Waals surface area contributed by atoms with Gasteiger partial charge in [-0.3, -0.25) is 9.36 Å². The molecule has 0 fully saturated rings. The number of hydrogen-bond donors (Lipinski definition) is 0. The third-order valence-electron chi connectivity index (χ3n) is 5.63. The highest BCUT2D eigenvalue weighted by Crippen LogP contribution is 2.38. The van der Waals surface area contributed by atoms with E-state index in [0.717, 1.165) is 10.9 Å². The van der Waals surface area contributed by atoms with Crippen LogP contribution in [0.1, 0.15) is 43.9 Å². The largest absolute Gasteiger partial charge is 0.496 e. The summed E-state index contributed by atoms with van der Waals surface area (Å²) in [7, 11) is 1.56. The molecule has 3 aromatic rings. The lowest BCUT2D eigenvalue weighted by atomic mass is 9.93. The molecule has 1 aromatic heterocycles. The SMILES string of the molecule is CCCC1=C(C(=O)OCC)[C@H](c2cc(Br)ccc2OC)n2c(s/c(=C/c3ccc(Cl)cc3Cl)c2=O)=N1. The van der Waals surface area contributed by atoms with Crippen LogP contribution in [0.3, 0.4) is 0 Å². The number of benzene rings is 2. The van der Waals surface area contributed by atoms with Crippen molar-refractivity contribution in [3.05, 3.63) is 93.0 Å². The molecule has 188 valence electrons. The van der Waals surface area contributed by atoms with Crippen LogP contribution in [-0.4, -0.2) is 24.3 Å². The van der Waals surface area contributed by atoms with Crippen molar-refractivity contribution in [2.24, 2.45) is 4.99 Å². The first kappa shape index (κ1) is 26.7. The molecular formula is C26H23BrCl2N2O4S. The van der Waals surface area contributed by atoms with Crippen LogP contribution in [0.2, 0.25) is 10.0 Å². The fourth-order valence-corrected chi connectivity index (χ4v) is 5.95. The van der Waals surface area contributed by atoms with Crippen molar-refractivity contribution in [3.63, 3.8) is 0 Å². The van der Waals surface area contributed by atoms with Gasteiger partial charge in [0.25, 0.3) is 5.56 Å². The topological polar surface area (TPSA) is 69.9 Å². The zero-order valence-corrected chi connectivity index (χ0v) is 23.7. The van der Waals surface area contributed by atoms with E-state index in [9.17, 15) is 9.59 Å². The summed E-state index contributed by atoms with van der Waals surface area (Å²) in [5.74, 6) is 0.0322. The molecule has 1 atom stereocenters. The van der Waals surface area contributed by atoms with Crippen LogP contribution in [0, 0.1) is 0 Å². The Morgan fingerprint density at radius 2 is 2.00 bits per heavy atom. The number of hydrogen-bond acceptors (Lipinski definition) is 6. The number of aromatic nitrogens is 1. The highest BCUT2D eigenvalue weighted by Gasteiger charge is 2.36. The Morgan fingerprint density at radius 1 is 1.22 bits per heavy atom. The molecule has 0 radical (unpaired) electrons. The number of esters is 1. The highest BCUT2D eigenvalue weighted by molar-refractivity contribution is 9.10. The second kappa shape index (κ2) is 11.3. The summed E-state index contributed by atoms with van der Waals surface area (Å²) in [6.45, 7) is 3.96. The number of nitrogens with zero attached hydrogens (tertiary/aromatic N) is 2. The standard InChI is InChI=1S/C26H23BrCl2N2O4S/c1-4-6-19-22(25(33)35-5-2)23(17-12-15(27)8-10-20(17)34-3)31-24(32)21(36-26(31)30-19)11-14-7-9-16(28)13-18(14)29/h7-13,23H,4-6H2,1-3H3/b21-11+/t23-/m0/s1. The van der Waals surface area contributed by atoms with Gasteiger partial charge in [0, 0.05) is 20.1 Å². The van der Waals surface area contributed by atoms with Crippen molar-refractivity contribution in [1.29, 1.82) is 0 Å². The van der Waals surface area contributed by atoms with Crippen LogP contribution in [0.5, 0.6) is 5.75 Å². The van der Waals surface area contributed by atoms with Gasteiger partial charge in [0.05, 0.1) is 29.5 Å². The minimum Gasteiger partial charge on any atom is -0.496 e. The van der Waals surface area contributed by atoms with Gasteiger partial charge < -0.3 is 9.47 Å². The molecule has 0 saturated heterocycles. The van der Waals surface area contributed by atoms with E-state index < -0.39 is 12.0 Å². The minimum absolute atomic E-state index is 0.198. The average molecular weight is 610 g/mol. The molecule has 6 nitrogen and oxygen atoms in total. The van der Waals surface area contributed by atoms with Gasteiger partial charge in [-0.25, -0.2) is 9.79 Å². The van der Waals surface area contributed by atoms with E-state index in [-0.39, 0.29) is 12.2 Å². The predicted molar refractivity (Wildman–Crippen MR) is 147 cm³/mol. The summed E-state index contributed by atoms with van der Waals surface area (Å²) in [5.41, 5.74) is 1.94. The first-order valence-electron chi connectivity index (χ1n) is 11.3. The molecule has 1 aliphatic rings. The molecule has 0 amide bonds. The summed E-state index contributed by atoms with van der Waals surface area (Å²) in [6, 6.07) is 9.80. The molecule has 2 aromatic carbocycles. The fraction of sp³-hybridized carbons (Fsp3) is 0.269. The van der Waals surface area contributed by atoms with Gasteiger partial charge in [-0.2, -0.15) is 0 Å². The van der Waals surface area contributed by atoms with Crippen LogP contribution in [0.4, 0.5) is 0 Å². The molecule has 0 saturated carbocycles. The molecule has 36 heavy (non-hydrogen) atoms. The van der Waals surface area contributed by atoms with Crippen molar-refractivity contribution >= 4 is 62.5 Å².